The first-order chi connectivity index (χ1) is 8.12. The van der Waals surface area contributed by atoms with Gasteiger partial charge in [0, 0.05) is 5.56 Å². The minimum absolute atomic E-state index is 0.149. The summed E-state index contributed by atoms with van der Waals surface area (Å²) < 4.78 is 40.7. The second-order valence-electron chi connectivity index (χ2n) is 4.92. The van der Waals surface area contributed by atoms with Crippen LogP contribution in [-0.4, -0.2) is 11.5 Å². The minimum Gasteiger partial charge on any atom is -0.405 e. The predicted molar refractivity (Wildman–Crippen MR) is 62.2 cm³/mol. The van der Waals surface area contributed by atoms with Gasteiger partial charge in [0.2, 0.25) is 0 Å². The lowest BCUT2D eigenvalue weighted by molar-refractivity contribution is -0.275. The summed E-state index contributed by atoms with van der Waals surface area (Å²) in [4.78, 5) is 0. The topological polar surface area (TPSA) is 29.5 Å². The fourth-order valence-corrected chi connectivity index (χ4v) is 2.03. The average Bonchev–Trinajstić information content (AvgIpc) is 2.13. The van der Waals surface area contributed by atoms with Crippen LogP contribution in [0.5, 0.6) is 5.75 Å². The summed E-state index contributed by atoms with van der Waals surface area (Å²) >= 11 is 0. The Labute approximate surface area is 104 Å². The summed E-state index contributed by atoms with van der Waals surface area (Å²) in [6.07, 6.45) is -4.41. The molecule has 0 radical (unpaired) electrons. The zero-order chi connectivity index (χ0) is 14.0. The molecule has 5 heteroatoms. The number of alkyl halides is 3. The van der Waals surface area contributed by atoms with E-state index in [1.807, 2.05) is 13.8 Å². The van der Waals surface area contributed by atoms with Crippen LogP contribution in [-0.2, 0) is 5.60 Å². The van der Waals surface area contributed by atoms with E-state index in [9.17, 15) is 18.3 Å². The summed E-state index contributed by atoms with van der Waals surface area (Å²) in [6, 6.07) is 5.67. The molecule has 0 bridgehead atoms. The van der Waals surface area contributed by atoms with Gasteiger partial charge >= 0.3 is 6.36 Å². The highest BCUT2D eigenvalue weighted by atomic mass is 19.4. The number of benzene rings is 1. The second-order valence-corrected chi connectivity index (χ2v) is 4.92. The molecule has 1 aromatic rings. The molecule has 102 valence electrons. The van der Waals surface area contributed by atoms with Crippen LogP contribution in [0.2, 0.25) is 0 Å². The monoisotopic (exact) mass is 262 g/mol. The molecule has 0 heterocycles. The fourth-order valence-electron chi connectivity index (χ4n) is 2.03. The Bertz CT molecular complexity index is 397. The maximum Gasteiger partial charge on any atom is 0.573 e. The molecule has 0 fully saturated rings. The van der Waals surface area contributed by atoms with Crippen molar-refractivity contribution >= 4 is 0 Å². The highest BCUT2D eigenvalue weighted by molar-refractivity contribution is 5.37. The number of ether oxygens (including phenoxy) is 1. The molecular weight excluding hydrogens is 245 g/mol. The van der Waals surface area contributed by atoms with Gasteiger partial charge in [-0.15, -0.1) is 13.2 Å². The number of aliphatic hydroxyl groups is 1. The molecule has 0 aliphatic heterocycles. The molecule has 0 aliphatic rings. The molecule has 0 saturated carbocycles. The third-order valence-corrected chi connectivity index (χ3v) is 2.50. The normalized spacial score (nSPS) is 15.6. The first-order valence-electron chi connectivity index (χ1n) is 5.69. The van der Waals surface area contributed by atoms with Gasteiger partial charge in [-0.3, -0.25) is 0 Å². The van der Waals surface area contributed by atoms with E-state index in [0.717, 1.165) is 0 Å². The van der Waals surface area contributed by atoms with Gasteiger partial charge in [0.25, 0.3) is 0 Å². The van der Waals surface area contributed by atoms with Gasteiger partial charge < -0.3 is 9.84 Å². The molecule has 0 aromatic heterocycles. The lowest BCUT2D eigenvalue weighted by atomic mass is 9.87. The van der Waals surface area contributed by atoms with Crippen molar-refractivity contribution in [2.75, 3.05) is 0 Å². The number of halogens is 3. The van der Waals surface area contributed by atoms with Gasteiger partial charge in [-0.25, -0.2) is 0 Å². The van der Waals surface area contributed by atoms with E-state index in [4.69, 9.17) is 0 Å². The molecule has 0 spiro atoms. The van der Waals surface area contributed by atoms with Crippen LogP contribution >= 0.6 is 0 Å². The van der Waals surface area contributed by atoms with Gasteiger partial charge in [0.1, 0.15) is 5.75 Å². The summed E-state index contributed by atoms with van der Waals surface area (Å²) in [7, 11) is 0. The standard InChI is InChI=1S/C13H17F3O2/c1-9(2)8-12(3,17)10-6-4-5-7-11(10)18-13(14,15)16/h4-7,9,17H,8H2,1-3H3. The van der Waals surface area contributed by atoms with Crippen LogP contribution in [0.4, 0.5) is 13.2 Å². The van der Waals surface area contributed by atoms with E-state index in [0.29, 0.717) is 6.42 Å². The van der Waals surface area contributed by atoms with Gasteiger partial charge in [0.05, 0.1) is 5.60 Å². The minimum atomic E-state index is -4.76. The van der Waals surface area contributed by atoms with Crippen LogP contribution < -0.4 is 4.74 Å². The predicted octanol–water partition coefficient (Wildman–Crippen LogP) is 3.84. The quantitative estimate of drug-likeness (QED) is 0.893. The number of para-hydroxylation sites is 1. The molecule has 1 N–H and O–H groups in total. The smallest absolute Gasteiger partial charge is 0.405 e. The first-order valence-corrected chi connectivity index (χ1v) is 5.69. The Hall–Kier alpha value is -1.23. The fraction of sp³-hybridized carbons (Fsp3) is 0.538. The molecule has 0 amide bonds. The van der Waals surface area contributed by atoms with E-state index in [1.54, 1.807) is 6.07 Å². The van der Waals surface area contributed by atoms with Gasteiger partial charge in [-0.1, -0.05) is 32.0 Å². The van der Waals surface area contributed by atoms with Crippen molar-refractivity contribution in [3.63, 3.8) is 0 Å². The number of hydrogen-bond donors (Lipinski definition) is 1. The number of rotatable bonds is 4. The molecule has 1 aromatic carbocycles. The first kappa shape index (κ1) is 14.8. The zero-order valence-electron chi connectivity index (χ0n) is 10.6. The van der Waals surface area contributed by atoms with E-state index >= 15 is 0 Å². The second kappa shape index (κ2) is 5.18. The Morgan fingerprint density at radius 1 is 1.22 bits per heavy atom. The van der Waals surface area contributed by atoms with Crippen molar-refractivity contribution in [2.45, 2.75) is 39.2 Å². The number of hydrogen-bond acceptors (Lipinski definition) is 2. The van der Waals surface area contributed by atoms with E-state index in [2.05, 4.69) is 4.74 Å². The van der Waals surface area contributed by atoms with Gasteiger partial charge in [0.15, 0.2) is 0 Å². The van der Waals surface area contributed by atoms with E-state index < -0.39 is 12.0 Å². The highest BCUT2D eigenvalue weighted by Gasteiger charge is 2.35. The van der Waals surface area contributed by atoms with Crippen molar-refractivity contribution < 1.29 is 23.0 Å². The van der Waals surface area contributed by atoms with Crippen LogP contribution in [0.3, 0.4) is 0 Å². The average molecular weight is 262 g/mol. The molecule has 0 saturated heterocycles. The van der Waals surface area contributed by atoms with Crippen molar-refractivity contribution in [3.05, 3.63) is 29.8 Å². The van der Waals surface area contributed by atoms with E-state index in [-0.39, 0.29) is 17.2 Å². The Kier molecular flexibility index (Phi) is 4.27. The largest absolute Gasteiger partial charge is 0.573 e. The Balaban J connectivity index is 3.08. The molecule has 2 nitrogen and oxygen atoms in total. The lowest BCUT2D eigenvalue weighted by Crippen LogP contribution is -2.26. The summed E-state index contributed by atoms with van der Waals surface area (Å²) in [5, 5.41) is 10.3. The van der Waals surface area contributed by atoms with Gasteiger partial charge in [-0.2, -0.15) is 0 Å². The summed E-state index contributed by atoms with van der Waals surface area (Å²) in [6.45, 7) is 5.27. The molecule has 1 unspecified atom stereocenters. The van der Waals surface area contributed by atoms with Crippen molar-refractivity contribution in [1.29, 1.82) is 0 Å². The lowest BCUT2D eigenvalue weighted by Gasteiger charge is -2.28. The van der Waals surface area contributed by atoms with Crippen molar-refractivity contribution in [3.8, 4) is 5.75 Å². The molecule has 1 atom stereocenters. The third-order valence-electron chi connectivity index (χ3n) is 2.50. The van der Waals surface area contributed by atoms with Gasteiger partial charge in [-0.05, 0) is 25.3 Å². The van der Waals surface area contributed by atoms with Crippen LogP contribution in [0.15, 0.2) is 24.3 Å². The van der Waals surface area contributed by atoms with Crippen LogP contribution in [0.1, 0.15) is 32.8 Å². The maximum atomic E-state index is 12.3. The van der Waals surface area contributed by atoms with E-state index in [1.165, 1.54) is 25.1 Å². The third kappa shape index (κ3) is 4.22. The van der Waals surface area contributed by atoms with Crippen LogP contribution in [0, 0.1) is 5.92 Å². The summed E-state index contributed by atoms with van der Waals surface area (Å²) in [5.74, 6) is -0.199. The summed E-state index contributed by atoms with van der Waals surface area (Å²) in [5.41, 5.74) is -1.20. The molecule has 18 heavy (non-hydrogen) atoms. The van der Waals surface area contributed by atoms with Crippen molar-refractivity contribution in [2.24, 2.45) is 5.92 Å². The highest BCUT2D eigenvalue weighted by Crippen LogP contribution is 2.36. The van der Waals surface area contributed by atoms with Crippen molar-refractivity contribution in [1.82, 2.24) is 0 Å². The zero-order valence-corrected chi connectivity index (χ0v) is 10.6. The Morgan fingerprint density at radius 2 is 1.78 bits per heavy atom. The SMILES string of the molecule is CC(C)CC(C)(O)c1ccccc1OC(F)(F)F. The van der Waals surface area contributed by atoms with Crippen LogP contribution in [0.25, 0.3) is 0 Å². The maximum absolute atomic E-state index is 12.3. The molecule has 0 aliphatic carbocycles. The molecule has 1 rings (SSSR count). The molecular formula is C13H17F3O2. The Morgan fingerprint density at radius 3 is 2.28 bits per heavy atom.